The number of nitrogens with one attached hydrogen (secondary N) is 2. The van der Waals surface area contributed by atoms with Crippen LogP contribution in [0.25, 0.3) is 11.0 Å². The molecule has 0 bridgehead atoms. The number of para-hydroxylation sites is 2. The number of aryl methyl sites for hydroxylation is 2. The van der Waals surface area contributed by atoms with Crippen LogP contribution in [0.2, 0.25) is 0 Å². The zero-order chi connectivity index (χ0) is 15.9. The van der Waals surface area contributed by atoms with Crippen LogP contribution in [0.15, 0.2) is 24.3 Å². The Kier molecular flexibility index (Phi) is 3.28. The number of benzene rings is 1. The molecule has 0 spiro atoms. The van der Waals surface area contributed by atoms with E-state index in [0.717, 1.165) is 11.0 Å². The summed E-state index contributed by atoms with van der Waals surface area (Å²) in [4.78, 5) is 18.5. The number of hydrogen-bond donors (Lipinski definition) is 2. The van der Waals surface area contributed by atoms with Crippen molar-refractivity contribution in [2.75, 3.05) is 5.32 Å². The lowest BCUT2D eigenvalue weighted by Crippen LogP contribution is -2.12. The predicted molar refractivity (Wildman–Crippen MR) is 82.7 cm³/mol. The number of aromatic amines is 1. The van der Waals surface area contributed by atoms with Crippen molar-refractivity contribution >= 4 is 22.5 Å². The molecule has 8 nitrogen and oxygen atoms in total. The number of nitrogens with zero attached hydrogens (tertiary/aromatic N) is 4. The zero-order valence-electron chi connectivity index (χ0n) is 12.5. The third-order valence-corrected chi connectivity index (χ3v) is 3.54. The molecular weight excluding hydrogens is 284 g/mol. The molecule has 0 saturated carbocycles. The van der Waals surface area contributed by atoms with E-state index in [-0.39, 0.29) is 11.7 Å². The van der Waals surface area contributed by atoms with E-state index in [1.54, 1.807) is 14.0 Å². The second kappa shape index (κ2) is 5.14. The molecule has 2 aromatic heterocycles. The van der Waals surface area contributed by atoms with Crippen LogP contribution >= 0.6 is 0 Å². The fourth-order valence-electron chi connectivity index (χ4n) is 2.48. The number of nitro groups is 1. The summed E-state index contributed by atoms with van der Waals surface area (Å²) >= 11 is 0. The van der Waals surface area contributed by atoms with Crippen LogP contribution < -0.4 is 5.32 Å². The average Bonchev–Trinajstić information content (AvgIpc) is 3.00. The van der Waals surface area contributed by atoms with Gasteiger partial charge in [0, 0.05) is 7.05 Å². The molecule has 0 amide bonds. The zero-order valence-corrected chi connectivity index (χ0v) is 12.5. The highest BCUT2D eigenvalue weighted by atomic mass is 16.6. The quantitative estimate of drug-likeness (QED) is 0.569. The maximum atomic E-state index is 11.2. The Morgan fingerprint density at radius 3 is 2.82 bits per heavy atom. The number of hydrogen-bond acceptors (Lipinski definition) is 5. The summed E-state index contributed by atoms with van der Waals surface area (Å²) in [6.45, 7) is 3.51. The van der Waals surface area contributed by atoms with E-state index >= 15 is 0 Å². The molecule has 3 rings (SSSR count). The highest BCUT2D eigenvalue weighted by Gasteiger charge is 2.25. The van der Waals surface area contributed by atoms with Crippen LogP contribution in [0, 0.1) is 17.0 Å². The monoisotopic (exact) mass is 300 g/mol. The topological polar surface area (TPSA) is 102 Å². The number of H-pyrrole nitrogens is 1. The van der Waals surface area contributed by atoms with E-state index in [1.165, 1.54) is 4.68 Å². The number of fused-ring (bicyclic) bond motifs is 1. The summed E-state index contributed by atoms with van der Waals surface area (Å²) in [5.41, 5.74) is 2.17. The minimum absolute atomic E-state index is 0.00883. The summed E-state index contributed by atoms with van der Waals surface area (Å²) in [5, 5.41) is 18.4. The normalized spacial score (nSPS) is 12.5. The Bertz CT molecular complexity index is 817. The smallest absolute Gasteiger partial charge is 0.333 e. The lowest BCUT2D eigenvalue weighted by atomic mass is 10.3. The number of anilines is 1. The van der Waals surface area contributed by atoms with Gasteiger partial charge in [-0.25, -0.2) is 9.67 Å². The molecule has 3 aromatic rings. The largest absolute Gasteiger partial charge is 0.355 e. The van der Waals surface area contributed by atoms with Gasteiger partial charge in [-0.1, -0.05) is 12.1 Å². The average molecular weight is 300 g/mol. The Hall–Kier alpha value is -2.90. The molecule has 0 saturated heterocycles. The summed E-state index contributed by atoms with van der Waals surface area (Å²) in [7, 11) is 1.67. The molecule has 2 N–H and O–H groups in total. The van der Waals surface area contributed by atoms with Gasteiger partial charge in [0.2, 0.25) is 5.82 Å². The summed E-state index contributed by atoms with van der Waals surface area (Å²) in [5.74, 6) is 1.09. The summed E-state index contributed by atoms with van der Waals surface area (Å²) < 4.78 is 1.48. The molecule has 2 heterocycles. The minimum Gasteiger partial charge on any atom is -0.355 e. The van der Waals surface area contributed by atoms with E-state index in [1.807, 2.05) is 31.2 Å². The third-order valence-electron chi connectivity index (χ3n) is 3.54. The van der Waals surface area contributed by atoms with Crippen LogP contribution in [0.1, 0.15) is 24.5 Å². The Balaban J connectivity index is 1.94. The van der Waals surface area contributed by atoms with E-state index < -0.39 is 4.92 Å². The Morgan fingerprint density at radius 2 is 2.14 bits per heavy atom. The molecule has 114 valence electrons. The van der Waals surface area contributed by atoms with E-state index in [4.69, 9.17) is 0 Å². The van der Waals surface area contributed by atoms with Gasteiger partial charge in [-0.2, -0.15) is 5.10 Å². The van der Waals surface area contributed by atoms with Crippen LogP contribution in [-0.4, -0.2) is 24.7 Å². The highest BCUT2D eigenvalue weighted by molar-refractivity contribution is 5.75. The Labute approximate surface area is 126 Å². The second-order valence-electron chi connectivity index (χ2n) is 5.17. The number of aromatic nitrogens is 4. The fourth-order valence-corrected chi connectivity index (χ4v) is 2.48. The van der Waals surface area contributed by atoms with Gasteiger partial charge in [-0.3, -0.25) is 10.1 Å². The molecule has 22 heavy (non-hydrogen) atoms. The lowest BCUT2D eigenvalue weighted by molar-refractivity contribution is -0.384. The van der Waals surface area contributed by atoms with Gasteiger partial charge in [0.05, 0.1) is 22.0 Å². The van der Waals surface area contributed by atoms with Crippen molar-refractivity contribution in [1.82, 2.24) is 19.7 Å². The van der Waals surface area contributed by atoms with Crippen LogP contribution in [0.3, 0.4) is 0 Å². The van der Waals surface area contributed by atoms with Crippen molar-refractivity contribution in [3.05, 3.63) is 45.9 Å². The molecule has 1 aromatic carbocycles. The van der Waals surface area contributed by atoms with E-state index in [9.17, 15) is 10.1 Å². The molecule has 8 heteroatoms. The molecule has 1 unspecified atom stereocenters. The molecular formula is C14H16N6O2. The van der Waals surface area contributed by atoms with Crippen molar-refractivity contribution in [3.8, 4) is 0 Å². The predicted octanol–water partition coefficient (Wildman–Crippen LogP) is 2.69. The fraction of sp³-hybridized carbons (Fsp3) is 0.286. The first-order valence-corrected chi connectivity index (χ1v) is 6.86. The van der Waals surface area contributed by atoms with Gasteiger partial charge in [0.15, 0.2) is 0 Å². The number of imidazole rings is 1. The van der Waals surface area contributed by atoms with Gasteiger partial charge < -0.3 is 10.3 Å². The molecule has 0 aliphatic carbocycles. The molecule has 0 fully saturated rings. The molecule has 0 aliphatic rings. The van der Waals surface area contributed by atoms with Crippen LogP contribution in [0.5, 0.6) is 0 Å². The second-order valence-corrected chi connectivity index (χ2v) is 5.17. The summed E-state index contributed by atoms with van der Waals surface area (Å²) in [6.07, 6.45) is 0. The van der Waals surface area contributed by atoms with E-state index in [2.05, 4.69) is 20.4 Å². The van der Waals surface area contributed by atoms with Gasteiger partial charge in [0.25, 0.3) is 0 Å². The van der Waals surface area contributed by atoms with Gasteiger partial charge >= 0.3 is 5.69 Å². The van der Waals surface area contributed by atoms with Gasteiger partial charge in [-0.15, -0.1) is 0 Å². The highest BCUT2D eigenvalue weighted by Crippen LogP contribution is 2.30. The minimum atomic E-state index is -0.421. The van der Waals surface area contributed by atoms with Crippen molar-refractivity contribution in [3.63, 3.8) is 0 Å². The van der Waals surface area contributed by atoms with Crippen molar-refractivity contribution in [1.29, 1.82) is 0 Å². The van der Waals surface area contributed by atoms with Gasteiger partial charge in [-0.05, 0) is 26.0 Å². The van der Waals surface area contributed by atoms with Crippen LogP contribution in [0.4, 0.5) is 11.5 Å². The summed E-state index contributed by atoms with van der Waals surface area (Å²) in [6, 6.07) is 7.48. The van der Waals surface area contributed by atoms with E-state index in [0.29, 0.717) is 17.3 Å². The standard InChI is InChI=1S/C14H16N6O2/c1-8-12(20(21)22)14(19(3)18-8)15-9(2)13-16-10-6-4-5-7-11(10)17-13/h4-7,9,15H,1-3H3,(H,16,17). The first-order chi connectivity index (χ1) is 10.5. The third kappa shape index (κ3) is 2.28. The number of rotatable bonds is 4. The maximum Gasteiger partial charge on any atom is 0.333 e. The van der Waals surface area contributed by atoms with Gasteiger partial charge in [0.1, 0.15) is 11.5 Å². The van der Waals surface area contributed by atoms with Crippen molar-refractivity contribution < 1.29 is 4.92 Å². The lowest BCUT2D eigenvalue weighted by Gasteiger charge is -2.12. The SMILES string of the molecule is Cc1nn(C)c(NC(C)c2nc3ccccc3[nH]2)c1[N+](=O)[O-]. The molecule has 0 aliphatic heterocycles. The maximum absolute atomic E-state index is 11.2. The van der Waals surface area contributed by atoms with Crippen molar-refractivity contribution in [2.24, 2.45) is 7.05 Å². The Morgan fingerprint density at radius 1 is 1.41 bits per heavy atom. The van der Waals surface area contributed by atoms with Crippen LogP contribution in [-0.2, 0) is 7.05 Å². The molecule has 0 radical (unpaired) electrons. The van der Waals surface area contributed by atoms with Crippen molar-refractivity contribution in [2.45, 2.75) is 19.9 Å². The molecule has 1 atom stereocenters. The first kappa shape index (κ1) is 14.1. The first-order valence-electron chi connectivity index (χ1n) is 6.86.